The number of likely N-dealkylation sites (N-methyl/N-ethyl adjacent to an activating group) is 1. The largest absolute Gasteiger partial charge is 0.341 e. The molecule has 0 bridgehead atoms. The molecule has 1 fully saturated rings. The van der Waals surface area contributed by atoms with Gasteiger partial charge in [-0.15, -0.1) is 0 Å². The SMILES string of the molecule is CC(C)CN(CCN(C)C)C(=O)C1CCCC(C)C1N. The summed E-state index contributed by atoms with van der Waals surface area (Å²) in [4.78, 5) is 17.0. The quantitative estimate of drug-likeness (QED) is 0.808. The molecule has 0 heterocycles. The summed E-state index contributed by atoms with van der Waals surface area (Å²) in [6, 6.07) is 0.0327. The third kappa shape index (κ3) is 5.06. The number of nitrogens with two attached hydrogens (primary N) is 1. The summed E-state index contributed by atoms with van der Waals surface area (Å²) in [7, 11) is 4.10. The lowest BCUT2D eigenvalue weighted by molar-refractivity contribution is -0.138. The fourth-order valence-electron chi connectivity index (χ4n) is 3.02. The molecule has 118 valence electrons. The molecule has 1 rings (SSSR count). The Labute approximate surface area is 124 Å². The van der Waals surface area contributed by atoms with Crippen molar-refractivity contribution in [2.75, 3.05) is 33.7 Å². The maximum absolute atomic E-state index is 12.8. The van der Waals surface area contributed by atoms with Crippen LogP contribution in [-0.4, -0.2) is 55.5 Å². The van der Waals surface area contributed by atoms with Crippen LogP contribution in [0.1, 0.15) is 40.0 Å². The molecule has 1 aliphatic carbocycles. The van der Waals surface area contributed by atoms with Crippen LogP contribution in [-0.2, 0) is 4.79 Å². The number of amides is 1. The topological polar surface area (TPSA) is 49.6 Å². The number of hydrogen-bond acceptors (Lipinski definition) is 3. The summed E-state index contributed by atoms with van der Waals surface area (Å²) in [5.41, 5.74) is 6.29. The van der Waals surface area contributed by atoms with Gasteiger partial charge in [0, 0.05) is 25.7 Å². The molecular formula is C16H33N3O. The Morgan fingerprint density at radius 1 is 1.25 bits per heavy atom. The normalized spacial score (nSPS) is 27.1. The number of nitrogens with zero attached hydrogens (tertiary/aromatic N) is 2. The molecule has 3 unspecified atom stereocenters. The number of rotatable bonds is 6. The third-order valence-corrected chi connectivity index (χ3v) is 4.33. The van der Waals surface area contributed by atoms with Crippen molar-refractivity contribution < 1.29 is 4.79 Å². The fourth-order valence-corrected chi connectivity index (χ4v) is 3.02. The van der Waals surface area contributed by atoms with E-state index >= 15 is 0 Å². The van der Waals surface area contributed by atoms with Crippen LogP contribution >= 0.6 is 0 Å². The standard InChI is InChI=1S/C16H33N3O/c1-12(2)11-19(10-9-18(4)5)16(20)14-8-6-7-13(3)15(14)17/h12-15H,6-11,17H2,1-5H3. The van der Waals surface area contributed by atoms with Crippen LogP contribution in [0.4, 0.5) is 0 Å². The first-order valence-electron chi connectivity index (χ1n) is 8.02. The van der Waals surface area contributed by atoms with Gasteiger partial charge >= 0.3 is 0 Å². The highest BCUT2D eigenvalue weighted by Crippen LogP contribution is 2.29. The predicted molar refractivity (Wildman–Crippen MR) is 84.5 cm³/mol. The second kappa shape index (κ2) is 7.99. The zero-order chi connectivity index (χ0) is 15.3. The van der Waals surface area contributed by atoms with Crippen molar-refractivity contribution in [2.24, 2.45) is 23.5 Å². The lowest BCUT2D eigenvalue weighted by Gasteiger charge is -2.37. The van der Waals surface area contributed by atoms with E-state index in [2.05, 4.69) is 25.7 Å². The van der Waals surface area contributed by atoms with Crippen molar-refractivity contribution in [1.29, 1.82) is 0 Å². The molecule has 0 radical (unpaired) electrons. The van der Waals surface area contributed by atoms with Crippen LogP contribution in [0.25, 0.3) is 0 Å². The van der Waals surface area contributed by atoms with E-state index in [1.807, 2.05) is 19.0 Å². The van der Waals surface area contributed by atoms with Gasteiger partial charge in [-0.25, -0.2) is 0 Å². The summed E-state index contributed by atoms with van der Waals surface area (Å²) < 4.78 is 0. The molecule has 1 saturated carbocycles. The smallest absolute Gasteiger partial charge is 0.227 e. The summed E-state index contributed by atoms with van der Waals surface area (Å²) in [6.45, 7) is 9.07. The van der Waals surface area contributed by atoms with Crippen LogP contribution in [0.3, 0.4) is 0 Å². The molecule has 0 spiro atoms. The Kier molecular flexibility index (Phi) is 6.96. The molecule has 1 amide bonds. The van der Waals surface area contributed by atoms with Gasteiger partial charge in [0.25, 0.3) is 0 Å². The second-order valence-electron chi connectivity index (χ2n) is 7.07. The highest BCUT2D eigenvalue weighted by atomic mass is 16.2. The van der Waals surface area contributed by atoms with E-state index in [1.54, 1.807) is 0 Å². The molecule has 0 aromatic carbocycles. The van der Waals surface area contributed by atoms with E-state index in [0.717, 1.165) is 38.9 Å². The van der Waals surface area contributed by atoms with Gasteiger partial charge in [-0.05, 0) is 38.8 Å². The van der Waals surface area contributed by atoms with E-state index in [9.17, 15) is 4.79 Å². The Bertz CT molecular complexity index is 304. The monoisotopic (exact) mass is 283 g/mol. The molecule has 4 nitrogen and oxygen atoms in total. The van der Waals surface area contributed by atoms with E-state index in [4.69, 9.17) is 5.73 Å². The van der Waals surface area contributed by atoms with Crippen LogP contribution in [0.15, 0.2) is 0 Å². The molecule has 0 saturated heterocycles. The second-order valence-corrected chi connectivity index (χ2v) is 7.07. The van der Waals surface area contributed by atoms with E-state index in [1.165, 1.54) is 0 Å². The molecule has 0 aliphatic heterocycles. The third-order valence-electron chi connectivity index (χ3n) is 4.33. The van der Waals surface area contributed by atoms with Crippen molar-refractivity contribution in [3.63, 3.8) is 0 Å². The minimum Gasteiger partial charge on any atom is -0.341 e. The van der Waals surface area contributed by atoms with Crippen molar-refractivity contribution in [3.05, 3.63) is 0 Å². The highest BCUT2D eigenvalue weighted by Gasteiger charge is 2.35. The van der Waals surface area contributed by atoms with Gasteiger partial charge in [0.15, 0.2) is 0 Å². The van der Waals surface area contributed by atoms with Gasteiger partial charge in [-0.3, -0.25) is 4.79 Å². The first kappa shape index (κ1) is 17.4. The fraction of sp³-hybridized carbons (Fsp3) is 0.938. The minimum absolute atomic E-state index is 0.0275. The van der Waals surface area contributed by atoms with Gasteiger partial charge < -0.3 is 15.5 Å². The highest BCUT2D eigenvalue weighted by molar-refractivity contribution is 5.79. The maximum atomic E-state index is 12.8. The minimum atomic E-state index is 0.0275. The molecule has 0 aromatic heterocycles. The van der Waals surface area contributed by atoms with Crippen molar-refractivity contribution in [2.45, 2.75) is 46.1 Å². The van der Waals surface area contributed by atoms with Gasteiger partial charge in [0.2, 0.25) is 5.91 Å². The maximum Gasteiger partial charge on any atom is 0.227 e. The molecule has 4 heteroatoms. The van der Waals surface area contributed by atoms with Gasteiger partial charge in [0.05, 0.1) is 5.92 Å². The van der Waals surface area contributed by atoms with Crippen LogP contribution in [0, 0.1) is 17.8 Å². The first-order valence-corrected chi connectivity index (χ1v) is 8.02. The summed E-state index contributed by atoms with van der Waals surface area (Å²) >= 11 is 0. The molecule has 0 aromatic rings. The lowest BCUT2D eigenvalue weighted by atomic mass is 9.77. The van der Waals surface area contributed by atoms with Crippen molar-refractivity contribution in [1.82, 2.24) is 9.80 Å². The average Bonchev–Trinajstić information content (AvgIpc) is 2.36. The first-order chi connectivity index (χ1) is 9.32. The zero-order valence-corrected chi connectivity index (χ0v) is 13.9. The Hall–Kier alpha value is -0.610. The number of carbonyl (C=O) groups excluding carboxylic acids is 1. The van der Waals surface area contributed by atoms with E-state index < -0.39 is 0 Å². The van der Waals surface area contributed by atoms with Gasteiger partial charge in [-0.2, -0.15) is 0 Å². The molecular weight excluding hydrogens is 250 g/mol. The number of hydrogen-bond donors (Lipinski definition) is 1. The number of carbonyl (C=O) groups is 1. The van der Waals surface area contributed by atoms with Crippen molar-refractivity contribution >= 4 is 5.91 Å². The molecule has 20 heavy (non-hydrogen) atoms. The Morgan fingerprint density at radius 2 is 1.90 bits per heavy atom. The summed E-state index contributed by atoms with van der Waals surface area (Å²) in [6.07, 6.45) is 3.25. The van der Waals surface area contributed by atoms with Crippen LogP contribution in [0.2, 0.25) is 0 Å². The lowest BCUT2D eigenvalue weighted by Crippen LogP contribution is -2.50. The van der Waals surface area contributed by atoms with Crippen LogP contribution in [0.5, 0.6) is 0 Å². The zero-order valence-electron chi connectivity index (χ0n) is 13.9. The molecule has 3 atom stereocenters. The Morgan fingerprint density at radius 3 is 2.45 bits per heavy atom. The van der Waals surface area contributed by atoms with Gasteiger partial charge in [-0.1, -0.05) is 27.2 Å². The summed E-state index contributed by atoms with van der Waals surface area (Å²) in [5, 5.41) is 0. The van der Waals surface area contributed by atoms with Crippen molar-refractivity contribution in [3.8, 4) is 0 Å². The van der Waals surface area contributed by atoms with Gasteiger partial charge in [0.1, 0.15) is 0 Å². The average molecular weight is 283 g/mol. The summed E-state index contributed by atoms with van der Waals surface area (Å²) in [5.74, 6) is 1.27. The molecule has 1 aliphatic rings. The predicted octanol–water partition coefficient (Wildman–Crippen LogP) is 1.80. The van der Waals surface area contributed by atoms with Crippen LogP contribution < -0.4 is 5.73 Å². The van der Waals surface area contributed by atoms with E-state index in [-0.39, 0.29) is 17.9 Å². The molecule has 2 N–H and O–H groups in total. The Balaban J connectivity index is 2.70. The van der Waals surface area contributed by atoms with E-state index in [0.29, 0.717) is 11.8 Å².